The van der Waals surface area contributed by atoms with Gasteiger partial charge in [-0.1, -0.05) is 0 Å². The van der Waals surface area contributed by atoms with E-state index in [2.05, 4.69) is 11.5 Å². The quantitative estimate of drug-likeness (QED) is 0.297. The van der Waals surface area contributed by atoms with Gasteiger partial charge in [0.25, 0.3) is 0 Å². The Morgan fingerprint density at radius 1 is 1.00 bits per heavy atom. The molecule has 6 N–H and O–H groups in total. The zero-order valence-electron chi connectivity index (χ0n) is 2.88. The van der Waals surface area contributed by atoms with Gasteiger partial charge < -0.3 is 36.3 Å². The van der Waals surface area contributed by atoms with E-state index in [-0.39, 0.29) is 24.8 Å². The zero-order valence-corrected chi connectivity index (χ0v) is 4.39. The molecule has 0 unspecified atom stereocenters. The van der Waals surface area contributed by atoms with Crippen LogP contribution in [0.3, 0.4) is 0 Å². The monoisotopic (exact) mass is 118 g/mol. The van der Waals surface area contributed by atoms with Crippen molar-refractivity contribution in [2.45, 2.75) is 0 Å². The average molecular weight is 119 g/mol. The molecule has 0 fully saturated rings. The molecular formula is CH8Cl2N2. The first-order chi connectivity index (χ1) is 1.41. The molecule has 0 aliphatic heterocycles. The van der Waals surface area contributed by atoms with Crippen molar-refractivity contribution in [3.05, 3.63) is 0 Å². The van der Waals surface area contributed by atoms with Gasteiger partial charge in [-0.05, 0) is 0 Å². The summed E-state index contributed by atoms with van der Waals surface area (Å²) in [6, 6.07) is 0. The summed E-state index contributed by atoms with van der Waals surface area (Å²) in [7, 11) is 0. The van der Waals surface area contributed by atoms with E-state index in [4.69, 9.17) is 0 Å². The topological polar surface area (TPSA) is 55.3 Å². The van der Waals surface area contributed by atoms with Crippen molar-refractivity contribution >= 4 is 0 Å². The van der Waals surface area contributed by atoms with Gasteiger partial charge in [0.05, 0.1) is 0 Å². The largest absolute Gasteiger partial charge is 1.00 e. The molecule has 0 aromatic carbocycles. The smallest absolute Gasteiger partial charge is 0.198 e. The highest BCUT2D eigenvalue weighted by molar-refractivity contribution is 3.35. The molecule has 0 saturated heterocycles. The molecule has 0 saturated carbocycles. The molecule has 0 radical (unpaired) electrons. The van der Waals surface area contributed by atoms with Crippen LogP contribution >= 0.6 is 0 Å². The summed E-state index contributed by atoms with van der Waals surface area (Å²) in [6.07, 6.45) is 0. The normalized spacial score (nSPS) is 3.60. The van der Waals surface area contributed by atoms with Crippen LogP contribution in [0.4, 0.5) is 0 Å². The maximum absolute atomic E-state index is 3.38. The van der Waals surface area contributed by atoms with Crippen LogP contribution in [0.25, 0.3) is 0 Å². The molecule has 0 spiro atoms. The number of rotatable bonds is 0. The molecule has 0 aromatic rings. The molecule has 0 aromatic heterocycles. The summed E-state index contributed by atoms with van der Waals surface area (Å²) in [5.74, 6) is 0. The second kappa shape index (κ2) is 24.5. The predicted octanol–water partition coefficient (Wildman–Crippen LogP) is -8.56. The third-order valence-electron chi connectivity index (χ3n) is 0. The molecule has 0 bridgehead atoms. The first-order valence-electron chi connectivity index (χ1n) is 1.000. The second-order valence-electron chi connectivity index (χ2n) is 0.354. The zero-order chi connectivity index (χ0) is 2.71. The van der Waals surface area contributed by atoms with Gasteiger partial charge >= 0.3 is 0 Å². The molecule has 5 heavy (non-hydrogen) atoms. The first kappa shape index (κ1) is 17.8. The minimum atomic E-state index is 0. The lowest BCUT2D eigenvalue weighted by Crippen LogP contribution is -3.00. The van der Waals surface area contributed by atoms with Crippen molar-refractivity contribution in [2.24, 2.45) is 0 Å². The van der Waals surface area contributed by atoms with Gasteiger partial charge in [0, 0.05) is 0 Å². The number of quaternary nitrogens is 2. The van der Waals surface area contributed by atoms with Crippen LogP contribution in [0.15, 0.2) is 0 Å². The van der Waals surface area contributed by atoms with Crippen molar-refractivity contribution in [3.8, 4) is 0 Å². The lowest BCUT2D eigenvalue weighted by Gasteiger charge is -1.49. The Kier molecular flexibility index (Phi) is 87.3. The summed E-state index contributed by atoms with van der Waals surface area (Å²) in [4.78, 5) is 0. The first-order valence-corrected chi connectivity index (χ1v) is 1.000. The van der Waals surface area contributed by atoms with E-state index in [0.717, 1.165) is 6.67 Å². The summed E-state index contributed by atoms with van der Waals surface area (Å²) in [5.41, 5.74) is 6.75. The third-order valence-corrected chi connectivity index (χ3v) is 0. The maximum Gasteiger partial charge on any atom is 0.198 e. The second-order valence-corrected chi connectivity index (χ2v) is 0.354. The molecule has 0 heterocycles. The highest BCUT2D eigenvalue weighted by atomic mass is 35.5. The fourth-order valence-corrected chi connectivity index (χ4v) is 0. The predicted molar refractivity (Wildman–Crippen MR) is 10.6 cm³/mol. The van der Waals surface area contributed by atoms with Crippen molar-refractivity contribution in [2.75, 3.05) is 6.67 Å². The molecule has 4 heteroatoms. The summed E-state index contributed by atoms with van der Waals surface area (Å²) in [6.45, 7) is 0.750. The minimum absolute atomic E-state index is 0. The van der Waals surface area contributed by atoms with E-state index < -0.39 is 0 Å². The van der Waals surface area contributed by atoms with Gasteiger partial charge in [-0.25, -0.2) is 0 Å². The summed E-state index contributed by atoms with van der Waals surface area (Å²) < 4.78 is 0. The van der Waals surface area contributed by atoms with Gasteiger partial charge in [-0.15, -0.1) is 0 Å². The van der Waals surface area contributed by atoms with E-state index in [0.29, 0.717) is 0 Å². The number of hydrogen-bond donors (Lipinski definition) is 2. The number of halogens is 2. The van der Waals surface area contributed by atoms with Crippen LogP contribution in [0.1, 0.15) is 0 Å². The Labute approximate surface area is 43.7 Å². The SMILES string of the molecule is [Cl-].[Cl-].[NH3+]C[NH3+]. The molecule has 2 nitrogen and oxygen atoms in total. The standard InChI is InChI=1S/CH6N2.2ClH/c2-1-3;;/h1-3H2;2*1H. The van der Waals surface area contributed by atoms with Crippen LogP contribution in [0, 0.1) is 0 Å². The summed E-state index contributed by atoms with van der Waals surface area (Å²) >= 11 is 0. The van der Waals surface area contributed by atoms with Crippen LogP contribution in [-0.2, 0) is 0 Å². The van der Waals surface area contributed by atoms with Crippen molar-refractivity contribution in [1.29, 1.82) is 0 Å². The van der Waals surface area contributed by atoms with Gasteiger partial charge in [0.2, 0.25) is 0 Å². The maximum atomic E-state index is 3.38. The van der Waals surface area contributed by atoms with Gasteiger partial charge in [-0.2, -0.15) is 0 Å². The van der Waals surface area contributed by atoms with E-state index in [1.807, 2.05) is 0 Å². The van der Waals surface area contributed by atoms with E-state index in [1.54, 1.807) is 0 Å². The molecule has 0 aliphatic carbocycles. The van der Waals surface area contributed by atoms with Crippen molar-refractivity contribution in [1.82, 2.24) is 0 Å². The highest BCUT2D eigenvalue weighted by Crippen LogP contribution is 0.586. The van der Waals surface area contributed by atoms with Crippen molar-refractivity contribution in [3.63, 3.8) is 0 Å². The molecule has 0 aliphatic rings. The molecule has 36 valence electrons. The van der Waals surface area contributed by atoms with E-state index in [9.17, 15) is 0 Å². The van der Waals surface area contributed by atoms with Gasteiger partial charge in [-0.3, -0.25) is 0 Å². The number of hydrogen-bond acceptors (Lipinski definition) is 0. The fraction of sp³-hybridized carbons (Fsp3) is 1.00. The van der Waals surface area contributed by atoms with Crippen LogP contribution < -0.4 is 36.3 Å². The van der Waals surface area contributed by atoms with Crippen LogP contribution in [0.2, 0.25) is 0 Å². The molecule has 0 atom stereocenters. The Morgan fingerprint density at radius 3 is 1.00 bits per heavy atom. The van der Waals surface area contributed by atoms with Crippen LogP contribution in [0.5, 0.6) is 0 Å². The molecule has 0 amide bonds. The van der Waals surface area contributed by atoms with E-state index in [1.165, 1.54) is 0 Å². The molecular weight excluding hydrogens is 111 g/mol. The van der Waals surface area contributed by atoms with Gasteiger partial charge in [0.15, 0.2) is 6.67 Å². The van der Waals surface area contributed by atoms with E-state index >= 15 is 0 Å². The Bertz CT molecular complexity index is 7.61. The summed E-state index contributed by atoms with van der Waals surface area (Å²) in [5, 5.41) is 0. The Morgan fingerprint density at radius 2 is 1.00 bits per heavy atom. The lowest BCUT2D eigenvalue weighted by atomic mass is 11.3. The lowest BCUT2D eigenvalue weighted by molar-refractivity contribution is -0.596. The highest BCUT2D eigenvalue weighted by Gasteiger charge is 1.38. The average Bonchev–Trinajstić information content (AvgIpc) is 0.918. The fourth-order valence-electron chi connectivity index (χ4n) is 0. The van der Waals surface area contributed by atoms with Crippen molar-refractivity contribution < 1.29 is 36.3 Å². The van der Waals surface area contributed by atoms with Gasteiger partial charge in [0.1, 0.15) is 0 Å². The minimum Gasteiger partial charge on any atom is -1.00 e. The Balaban J connectivity index is -0.0000000200. The molecule has 0 rings (SSSR count). The Hall–Kier alpha value is 0.500. The third kappa shape index (κ3) is 113. The van der Waals surface area contributed by atoms with Crippen LogP contribution in [-0.4, -0.2) is 6.67 Å².